The molecule has 1 fully saturated rings. The summed E-state index contributed by atoms with van der Waals surface area (Å²) in [4.78, 5) is 29.9. The van der Waals surface area contributed by atoms with Crippen LogP contribution in [0.2, 0.25) is 0 Å². The Labute approximate surface area is 280 Å². The van der Waals surface area contributed by atoms with Crippen molar-refractivity contribution < 1.29 is 14.3 Å². The molecule has 0 radical (unpaired) electrons. The molecule has 1 saturated heterocycles. The topological polar surface area (TPSA) is 80.6 Å². The molecule has 9 heteroatoms. The highest BCUT2D eigenvalue weighted by molar-refractivity contribution is 7.99. The zero-order valence-corrected chi connectivity index (χ0v) is 29.0. The van der Waals surface area contributed by atoms with Crippen LogP contribution in [0.4, 0.5) is 0 Å². The molecule has 2 heterocycles. The van der Waals surface area contributed by atoms with Crippen LogP contribution in [0.1, 0.15) is 97.3 Å². The fourth-order valence-corrected chi connectivity index (χ4v) is 7.04. The summed E-state index contributed by atoms with van der Waals surface area (Å²) in [6.45, 7) is 6.23. The molecule has 0 spiro atoms. The summed E-state index contributed by atoms with van der Waals surface area (Å²) >= 11 is 1.66. The molecule has 1 unspecified atom stereocenters. The van der Waals surface area contributed by atoms with Crippen LogP contribution in [0.25, 0.3) is 17.1 Å². The molecule has 0 bridgehead atoms. The molecule has 2 aromatic carbocycles. The number of methoxy groups -OCH3 is 1. The van der Waals surface area contributed by atoms with Gasteiger partial charge in [0.25, 0.3) is 0 Å². The molecule has 1 aliphatic rings. The van der Waals surface area contributed by atoms with Crippen molar-refractivity contribution in [1.82, 2.24) is 24.6 Å². The van der Waals surface area contributed by atoms with E-state index in [1.54, 1.807) is 18.9 Å². The Hall–Kier alpha value is -3.33. The van der Waals surface area contributed by atoms with Gasteiger partial charge < -0.3 is 14.5 Å². The van der Waals surface area contributed by atoms with Gasteiger partial charge in [-0.25, -0.2) is 0 Å². The number of amides is 2. The molecule has 8 nitrogen and oxygen atoms in total. The third-order valence-corrected chi connectivity index (χ3v) is 9.82. The van der Waals surface area contributed by atoms with Gasteiger partial charge in [0.15, 0.2) is 11.0 Å². The summed E-state index contributed by atoms with van der Waals surface area (Å²) < 4.78 is 7.44. The van der Waals surface area contributed by atoms with E-state index in [1.807, 2.05) is 64.4 Å². The smallest absolute Gasteiger partial charge is 0.222 e. The lowest BCUT2D eigenvalue weighted by molar-refractivity contribution is -0.142. The van der Waals surface area contributed by atoms with Gasteiger partial charge in [-0.05, 0) is 50.5 Å². The van der Waals surface area contributed by atoms with Gasteiger partial charge in [-0.15, -0.1) is 10.2 Å². The summed E-state index contributed by atoms with van der Waals surface area (Å²) in [7, 11) is 1.66. The average molecular weight is 648 g/mol. The van der Waals surface area contributed by atoms with Crippen molar-refractivity contribution in [2.24, 2.45) is 0 Å². The summed E-state index contributed by atoms with van der Waals surface area (Å²) in [6.07, 6.45) is 14.2. The lowest BCUT2D eigenvalue weighted by Gasteiger charge is -2.40. The Kier molecular flexibility index (Phi) is 14.9. The highest BCUT2D eigenvalue weighted by atomic mass is 32.2. The maximum atomic E-state index is 13.0. The normalized spacial score (nSPS) is 14.9. The molecule has 0 aliphatic carbocycles. The monoisotopic (exact) mass is 647 g/mol. The van der Waals surface area contributed by atoms with Crippen molar-refractivity contribution in [3.63, 3.8) is 0 Å². The molecule has 0 N–H and O–H groups in total. The predicted molar refractivity (Wildman–Crippen MR) is 188 cm³/mol. The Balaban J connectivity index is 1.17. The molecule has 1 atom stereocenters. The first-order valence-electron chi connectivity index (χ1n) is 17.4. The van der Waals surface area contributed by atoms with E-state index in [1.165, 1.54) is 44.9 Å². The maximum Gasteiger partial charge on any atom is 0.222 e. The van der Waals surface area contributed by atoms with Gasteiger partial charge in [0, 0.05) is 55.5 Å². The molecule has 2 amide bonds. The summed E-state index contributed by atoms with van der Waals surface area (Å²) in [5.74, 6) is 2.87. The number of rotatable bonds is 19. The molecule has 250 valence electrons. The summed E-state index contributed by atoms with van der Waals surface area (Å²) in [5.41, 5.74) is 1.98. The second-order valence-electron chi connectivity index (χ2n) is 12.4. The molecular weight excluding hydrogens is 595 g/mol. The van der Waals surface area contributed by atoms with E-state index >= 15 is 0 Å². The van der Waals surface area contributed by atoms with Crippen LogP contribution in [0.3, 0.4) is 0 Å². The van der Waals surface area contributed by atoms with Crippen molar-refractivity contribution in [2.75, 3.05) is 32.5 Å². The third-order valence-electron chi connectivity index (χ3n) is 8.81. The summed E-state index contributed by atoms with van der Waals surface area (Å²) in [5, 5.41) is 9.89. The van der Waals surface area contributed by atoms with Crippen molar-refractivity contribution in [3.05, 3.63) is 54.6 Å². The Morgan fingerprint density at radius 3 is 2.13 bits per heavy atom. The number of hydrogen-bond acceptors (Lipinski definition) is 6. The quantitative estimate of drug-likeness (QED) is 0.0964. The number of carbonyl (C=O) groups is 2. The number of carbonyl (C=O) groups excluding carboxylic acids is 2. The SMILES string of the molecule is CCCCCCCCCCCC(=O)N1CCN(C(=O)CCCCSc2nnc(-c3ccccc3)n2-c2ccc(OC)cc2)CC1C. The van der Waals surface area contributed by atoms with Gasteiger partial charge in [-0.2, -0.15) is 0 Å². The van der Waals surface area contributed by atoms with Crippen LogP contribution in [0.15, 0.2) is 59.8 Å². The van der Waals surface area contributed by atoms with Gasteiger partial charge in [-0.1, -0.05) is 100 Å². The summed E-state index contributed by atoms with van der Waals surface area (Å²) in [6, 6.07) is 18.1. The first-order chi connectivity index (χ1) is 22.5. The molecule has 3 aromatic rings. The largest absolute Gasteiger partial charge is 0.497 e. The minimum Gasteiger partial charge on any atom is -0.497 e. The van der Waals surface area contributed by atoms with Crippen LogP contribution >= 0.6 is 11.8 Å². The average Bonchev–Trinajstić information content (AvgIpc) is 3.51. The predicted octanol–water partition coefficient (Wildman–Crippen LogP) is 8.19. The van der Waals surface area contributed by atoms with E-state index in [2.05, 4.69) is 28.6 Å². The number of aromatic nitrogens is 3. The van der Waals surface area contributed by atoms with Crippen molar-refractivity contribution in [3.8, 4) is 22.8 Å². The Morgan fingerprint density at radius 2 is 1.46 bits per heavy atom. The number of benzene rings is 2. The third kappa shape index (κ3) is 10.6. The van der Waals surface area contributed by atoms with Crippen LogP contribution < -0.4 is 4.74 Å². The van der Waals surface area contributed by atoms with E-state index in [9.17, 15) is 9.59 Å². The number of unbranched alkanes of at least 4 members (excludes halogenated alkanes) is 9. The molecule has 1 aliphatic heterocycles. The fourth-order valence-electron chi connectivity index (χ4n) is 6.09. The second kappa shape index (κ2) is 19.4. The number of piperazine rings is 1. The molecule has 46 heavy (non-hydrogen) atoms. The van der Waals surface area contributed by atoms with E-state index in [4.69, 9.17) is 4.74 Å². The fraction of sp³-hybridized carbons (Fsp3) is 0.568. The molecule has 4 rings (SSSR count). The van der Waals surface area contributed by atoms with E-state index < -0.39 is 0 Å². The lowest BCUT2D eigenvalue weighted by atomic mass is 10.1. The van der Waals surface area contributed by atoms with Gasteiger partial charge in [0.2, 0.25) is 11.8 Å². The van der Waals surface area contributed by atoms with E-state index in [0.717, 1.165) is 59.4 Å². The first-order valence-corrected chi connectivity index (χ1v) is 18.4. The van der Waals surface area contributed by atoms with Crippen LogP contribution in [0, 0.1) is 0 Å². The van der Waals surface area contributed by atoms with Gasteiger partial charge in [0.05, 0.1) is 7.11 Å². The number of nitrogens with zero attached hydrogens (tertiary/aromatic N) is 5. The second-order valence-corrected chi connectivity index (χ2v) is 13.4. The number of hydrogen-bond donors (Lipinski definition) is 0. The molecule has 0 saturated carbocycles. The zero-order chi connectivity index (χ0) is 32.6. The van der Waals surface area contributed by atoms with Gasteiger partial charge >= 0.3 is 0 Å². The minimum absolute atomic E-state index is 0.0717. The number of ether oxygens (including phenoxy) is 1. The lowest BCUT2D eigenvalue weighted by Crippen LogP contribution is -2.55. The van der Waals surface area contributed by atoms with Crippen molar-refractivity contribution >= 4 is 23.6 Å². The Bertz CT molecular complexity index is 1330. The standard InChI is InChI=1S/C37H53N5O3S/c1-4-5-6-7-8-9-10-11-15-21-35(44)41-27-26-40(29-30(41)2)34(43)20-16-17-28-46-37-39-38-36(31-18-13-12-14-19-31)42(37)32-22-24-33(45-3)25-23-32/h12-14,18-19,22-25,30H,4-11,15-17,20-21,26-29H2,1-3H3. The molecular formula is C37H53N5O3S. The highest BCUT2D eigenvalue weighted by Gasteiger charge is 2.29. The van der Waals surface area contributed by atoms with Gasteiger partial charge in [-0.3, -0.25) is 14.2 Å². The van der Waals surface area contributed by atoms with Crippen LogP contribution in [-0.4, -0.2) is 74.9 Å². The van der Waals surface area contributed by atoms with E-state index in [0.29, 0.717) is 32.5 Å². The van der Waals surface area contributed by atoms with Crippen LogP contribution in [-0.2, 0) is 9.59 Å². The zero-order valence-electron chi connectivity index (χ0n) is 28.2. The van der Waals surface area contributed by atoms with Gasteiger partial charge in [0.1, 0.15) is 5.75 Å². The minimum atomic E-state index is 0.0717. The Morgan fingerprint density at radius 1 is 0.804 bits per heavy atom. The highest BCUT2D eigenvalue weighted by Crippen LogP contribution is 2.29. The maximum absolute atomic E-state index is 13.0. The number of thioether (sulfide) groups is 1. The van der Waals surface area contributed by atoms with Crippen molar-refractivity contribution in [1.29, 1.82) is 0 Å². The van der Waals surface area contributed by atoms with Crippen LogP contribution in [0.5, 0.6) is 5.75 Å². The molecule has 1 aromatic heterocycles. The van der Waals surface area contributed by atoms with E-state index in [-0.39, 0.29) is 17.9 Å². The first kappa shape index (κ1) is 35.5. The van der Waals surface area contributed by atoms with Crippen molar-refractivity contribution in [2.45, 2.75) is 109 Å².